The number of aromatic nitrogens is 1. The summed E-state index contributed by atoms with van der Waals surface area (Å²) in [6.07, 6.45) is 2.15. The summed E-state index contributed by atoms with van der Waals surface area (Å²) in [4.78, 5) is 17.2. The Morgan fingerprint density at radius 3 is 2.62 bits per heavy atom. The third-order valence-electron chi connectivity index (χ3n) is 4.69. The van der Waals surface area contributed by atoms with E-state index in [2.05, 4.69) is 34.6 Å². The summed E-state index contributed by atoms with van der Waals surface area (Å²) in [5, 5.41) is 6.79. The molecule has 3 aromatic carbocycles. The molecule has 0 radical (unpaired) electrons. The van der Waals surface area contributed by atoms with Crippen molar-refractivity contribution in [2.45, 2.75) is 12.8 Å². The van der Waals surface area contributed by atoms with Gasteiger partial charge in [-0.05, 0) is 53.6 Å². The third-order valence-corrected chi connectivity index (χ3v) is 6.05. The quantitative estimate of drug-likeness (QED) is 0.442. The van der Waals surface area contributed by atoms with Gasteiger partial charge in [-0.25, -0.2) is 4.98 Å². The molecule has 0 saturated heterocycles. The fourth-order valence-corrected chi connectivity index (χ4v) is 5.08. The first kappa shape index (κ1) is 16.1. The first-order valence-electron chi connectivity index (χ1n) is 8.20. The second kappa shape index (κ2) is 5.95. The predicted molar refractivity (Wildman–Crippen MR) is 109 cm³/mol. The number of hydrogen-bond donors (Lipinski definition) is 1. The summed E-state index contributed by atoms with van der Waals surface area (Å²) < 4.78 is 1.09. The number of rotatable bonds is 2. The largest absolute Gasteiger partial charge is 0.298 e. The molecule has 0 aliphatic heterocycles. The number of fused-ring (bicyclic) bond motifs is 2. The maximum Gasteiger partial charge on any atom is 0.257 e. The van der Waals surface area contributed by atoms with Crippen molar-refractivity contribution < 1.29 is 4.79 Å². The summed E-state index contributed by atoms with van der Waals surface area (Å²) in [6.45, 7) is 0. The van der Waals surface area contributed by atoms with E-state index in [9.17, 15) is 4.79 Å². The number of thiazole rings is 1. The number of aryl methyl sites for hydroxylation is 2. The van der Waals surface area contributed by atoms with Crippen LogP contribution >= 0.6 is 34.5 Å². The first-order chi connectivity index (χ1) is 12.6. The van der Waals surface area contributed by atoms with Crippen LogP contribution in [0.25, 0.3) is 21.0 Å². The van der Waals surface area contributed by atoms with Crippen molar-refractivity contribution in [2.75, 3.05) is 5.32 Å². The Bertz CT molecular complexity index is 1200. The highest BCUT2D eigenvalue weighted by atomic mass is 35.5. The second-order valence-electron chi connectivity index (χ2n) is 6.35. The van der Waals surface area contributed by atoms with Crippen LogP contribution in [0.2, 0.25) is 10.0 Å². The van der Waals surface area contributed by atoms with Crippen molar-refractivity contribution in [2.24, 2.45) is 0 Å². The zero-order chi connectivity index (χ0) is 17.8. The Labute approximate surface area is 163 Å². The first-order valence-corrected chi connectivity index (χ1v) is 9.77. The van der Waals surface area contributed by atoms with Gasteiger partial charge in [-0.2, -0.15) is 0 Å². The highest BCUT2D eigenvalue weighted by molar-refractivity contribution is 7.22. The van der Waals surface area contributed by atoms with Gasteiger partial charge in [-0.15, -0.1) is 0 Å². The van der Waals surface area contributed by atoms with Crippen LogP contribution < -0.4 is 5.32 Å². The standard InChI is InChI=1S/C20H12Cl2N2OS/c21-13-6-12(7-14(22)9-13)19(25)24-20-23-18-15-3-1-2-10-4-5-11(17(10)15)8-16(18)26-20/h1-3,6-9H,4-5H2,(H,23,24,25). The lowest BCUT2D eigenvalue weighted by Crippen LogP contribution is -2.11. The summed E-state index contributed by atoms with van der Waals surface area (Å²) >= 11 is 13.5. The normalized spacial score (nSPS) is 12.8. The van der Waals surface area contributed by atoms with E-state index in [0.717, 1.165) is 28.4 Å². The van der Waals surface area contributed by atoms with E-state index in [1.54, 1.807) is 18.2 Å². The van der Waals surface area contributed by atoms with E-state index in [4.69, 9.17) is 23.2 Å². The molecule has 3 nitrogen and oxygen atoms in total. The fourth-order valence-electron chi connectivity index (χ4n) is 3.61. The van der Waals surface area contributed by atoms with Gasteiger partial charge in [0.25, 0.3) is 5.91 Å². The molecule has 1 heterocycles. The molecule has 0 spiro atoms. The van der Waals surface area contributed by atoms with Crippen LogP contribution in [-0.2, 0) is 12.8 Å². The van der Waals surface area contributed by atoms with Crippen molar-refractivity contribution in [3.8, 4) is 0 Å². The molecule has 4 aromatic rings. The van der Waals surface area contributed by atoms with Gasteiger partial charge in [-0.1, -0.05) is 52.7 Å². The van der Waals surface area contributed by atoms with Crippen molar-refractivity contribution >= 4 is 66.6 Å². The zero-order valence-electron chi connectivity index (χ0n) is 13.5. The summed E-state index contributed by atoms with van der Waals surface area (Å²) in [5.41, 5.74) is 4.10. The number of halogens is 2. The van der Waals surface area contributed by atoms with Crippen LogP contribution in [0.4, 0.5) is 5.13 Å². The van der Waals surface area contributed by atoms with Crippen molar-refractivity contribution in [3.05, 3.63) is 69.2 Å². The topological polar surface area (TPSA) is 42.0 Å². The Morgan fingerprint density at radius 1 is 1.04 bits per heavy atom. The van der Waals surface area contributed by atoms with Gasteiger partial charge in [0.1, 0.15) is 0 Å². The molecule has 26 heavy (non-hydrogen) atoms. The van der Waals surface area contributed by atoms with Gasteiger partial charge in [0.05, 0.1) is 10.2 Å². The van der Waals surface area contributed by atoms with Crippen LogP contribution in [-0.4, -0.2) is 10.9 Å². The van der Waals surface area contributed by atoms with Crippen LogP contribution in [0.15, 0.2) is 42.5 Å². The van der Waals surface area contributed by atoms with Gasteiger partial charge >= 0.3 is 0 Å². The number of carbonyl (C=O) groups is 1. The lowest BCUT2D eigenvalue weighted by atomic mass is 10.0. The monoisotopic (exact) mass is 398 g/mol. The van der Waals surface area contributed by atoms with Crippen LogP contribution in [0, 0.1) is 0 Å². The lowest BCUT2D eigenvalue weighted by molar-refractivity contribution is 0.102. The molecule has 0 saturated carbocycles. The Balaban J connectivity index is 1.57. The van der Waals surface area contributed by atoms with Crippen molar-refractivity contribution in [1.82, 2.24) is 4.98 Å². The lowest BCUT2D eigenvalue weighted by Gasteiger charge is -2.03. The number of nitrogens with one attached hydrogen (secondary N) is 1. The maximum absolute atomic E-state index is 12.5. The van der Waals surface area contributed by atoms with Crippen molar-refractivity contribution in [3.63, 3.8) is 0 Å². The molecular weight excluding hydrogens is 387 g/mol. The minimum Gasteiger partial charge on any atom is -0.298 e. The maximum atomic E-state index is 12.5. The number of anilines is 1. The van der Waals surface area contributed by atoms with Crippen LogP contribution in [0.5, 0.6) is 0 Å². The van der Waals surface area contributed by atoms with Crippen LogP contribution in [0.3, 0.4) is 0 Å². The second-order valence-corrected chi connectivity index (χ2v) is 8.26. The molecule has 0 atom stereocenters. The average molecular weight is 399 g/mol. The number of carbonyl (C=O) groups excluding carboxylic acids is 1. The van der Waals surface area contributed by atoms with E-state index in [0.29, 0.717) is 20.7 Å². The molecule has 1 aliphatic carbocycles. The average Bonchev–Trinajstić information content (AvgIpc) is 3.19. The van der Waals surface area contributed by atoms with E-state index in [-0.39, 0.29) is 5.91 Å². The molecule has 0 bridgehead atoms. The molecule has 1 amide bonds. The van der Waals surface area contributed by atoms with Crippen molar-refractivity contribution in [1.29, 1.82) is 0 Å². The Hall–Kier alpha value is -2.14. The number of nitrogens with zero attached hydrogens (tertiary/aromatic N) is 1. The molecule has 1 aliphatic rings. The van der Waals surface area contributed by atoms with Gasteiger partial charge in [0.15, 0.2) is 5.13 Å². The highest BCUT2D eigenvalue weighted by Crippen LogP contribution is 2.39. The fraction of sp³-hybridized carbons (Fsp3) is 0.100. The molecule has 1 aromatic heterocycles. The molecule has 0 fully saturated rings. The van der Waals surface area contributed by atoms with Gasteiger partial charge < -0.3 is 0 Å². The van der Waals surface area contributed by atoms with Gasteiger partial charge in [0, 0.05) is 21.0 Å². The molecule has 128 valence electrons. The van der Waals surface area contributed by atoms with Gasteiger partial charge in [-0.3, -0.25) is 10.1 Å². The van der Waals surface area contributed by atoms with E-state index in [1.807, 2.05) is 0 Å². The SMILES string of the molecule is O=C(Nc1nc2c(cc3c4c(cccc42)CC3)s1)c1cc(Cl)cc(Cl)c1. The third kappa shape index (κ3) is 2.57. The number of hydrogen-bond acceptors (Lipinski definition) is 3. The van der Waals surface area contributed by atoms with E-state index < -0.39 is 0 Å². The highest BCUT2D eigenvalue weighted by Gasteiger charge is 2.19. The molecule has 5 rings (SSSR count). The minimum absolute atomic E-state index is 0.272. The van der Waals surface area contributed by atoms with E-state index in [1.165, 1.54) is 27.8 Å². The summed E-state index contributed by atoms with van der Waals surface area (Å²) in [6, 6.07) is 13.4. The molecule has 6 heteroatoms. The number of benzene rings is 3. The number of amides is 1. The smallest absolute Gasteiger partial charge is 0.257 e. The summed E-state index contributed by atoms with van der Waals surface area (Å²) in [7, 11) is 0. The zero-order valence-corrected chi connectivity index (χ0v) is 15.8. The molecule has 1 N–H and O–H groups in total. The molecule has 0 unspecified atom stereocenters. The minimum atomic E-state index is -0.272. The summed E-state index contributed by atoms with van der Waals surface area (Å²) in [5.74, 6) is -0.272. The Morgan fingerprint density at radius 2 is 1.81 bits per heavy atom. The van der Waals surface area contributed by atoms with Crippen LogP contribution in [0.1, 0.15) is 21.5 Å². The predicted octanol–water partition coefficient (Wildman–Crippen LogP) is 6.11. The Kier molecular flexibility index (Phi) is 3.67. The van der Waals surface area contributed by atoms with E-state index >= 15 is 0 Å². The van der Waals surface area contributed by atoms with Gasteiger partial charge in [0.2, 0.25) is 0 Å². The molecular formula is C20H12Cl2N2OS.